The van der Waals surface area contributed by atoms with E-state index in [-0.39, 0.29) is 11.8 Å². The Morgan fingerprint density at radius 1 is 1.42 bits per heavy atom. The number of nitrogens with one attached hydrogen (secondary N) is 1. The third kappa shape index (κ3) is 3.54. The molecular weight excluding hydrogens is 278 g/mol. The van der Waals surface area contributed by atoms with Crippen LogP contribution in [0.5, 0.6) is 0 Å². The van der Waals surface area contributed by atoms with Gasteiger partial charge in [0, 0.05) is 10.8 Å². The summed E-state index contributed by atoms with van der Waals surface area (Å²) in [5.41, 5.74) is 0.870. The van der Waals surface area contributed by atoms with Gasteiger partial charge < -0.3 is 10.1 Å². The molecule has 1 aliphatic carbocycles. The van der Waals surface area contributed by atoms with Crippen LogP contribution in [0, 0.1) is 12.8 Å². The summed E-state index contributed by atoms with van der Waals surface area (Å²) >= 11 is 6.66. The highest BCUT2D eigenvalue weighted by Crippen LogP contribution is 2.29. The molecule has 0 atom stereocenters. The lowest BCUT2D eigenvalue weighted by Gasteiger charge is -2.20. The Morgan fingerprint density at radius 2 is 2.11 bits per heavy atom. The zero-order chi connectivity index (χ0) is 13.8. The second-order valence-electron chi connectivity index (χ2n) is 4.90. The molecule has 19 heavy (non-hydrogen) atoms. The number of anilines is 1. The number of methoxy groups -OCH3 is 1. The number of amides is 1. The highest BCUT2D eigenvalue weighted by molar-refractivity contribution is 7.80. The summed E-state index contributed by atoms with van der Waals surface area (Å²) in [6.45, 7) is 1.99. The number of thiocarbonyl (C=S) groups is 1. The molecule has 1 fully saturated rings. The lowest BCUT2D eigenvalue weighted by molar-refractivity contribution is -0.120. The molecule has 104 valence electrons. The maximum absolute atomic E-state index is 12.2. The van der Waals surface area contributed by atoms with Gasteiger partial charge in [-0.15, -0.1) is 11.3 Å². The maximum Gasteiger partial charge on any atom is 0.227 e. The molecule has 1 aromatic rings. The topological polar surface area (TPSA) is 38.3 Å². The van der Waals surface area contributed by atoms with E-state index in [9.17, 15) is 4.79 Å². The number of carbonyl (C=O) groups excluding carboxylic acids is 1. The van der Waals surface area contributed by atoms with Gasteiger partial charge in [-0.3, -0.25) is 4.79 Å². The monoisotopic (exact) mass is 297 g/mol. The van der Waals surface area contributed by atoms with Gasteiger partial charge in [0.15, 0.2) is 0 Å². The first-order chi connectivity index (χ1) is 9.11. The average Bonchev–Trinajstić information content (AvgIpc) is 2.80. The van der Waals surface area contributed by atoms with Gasteiger partial charge in [-0.25, -0.2) is 0 Å². The summed E-state index contributed by atoms with van der Waals surface area (Å²) < 4.78 is 5.06. The van der Waals surface area contributed by atoms with E-state index in [1.165, 1.54) is 19.3 Å². The van der Waals surface area contributed by atoms with Crippen molar-refractivity contribution in [3.63, 3.8) is 0 Å². The van der Waals surface area contributed by atoms with Gasteiger partial charge in [-0.1, -0.05) is 19.3 Å². The fourth-order valence-electron chi connectivity index (χ4n) is 2.41. The first-order valence-corrected chi connectivity index (χ1v) is 7.84. The molecule has 1 aliphatic rings. The Kier molecular flexibility index (Phi) is 4.93. The Labute approximate surface area is 123 Å². The molecule has 1 amide bonds. The molecular formula is C14H19NO2S2. The van der Waals surface area contributed by atoms with Crippen LogP contribution < -0.4 is 5.32 Å². The zero-order valence-electron chi connectivity index (χ0n) is 11.3. The van der Waals surface area contributed by atoms with Crippen molar-refractivity contribution in [1.82, 2.24) is 0 Å². The van der Waals surface area contributed by atoms with Gasteiger partial charge in [0.1, 0.15) is 0 Å². The predicted molar refractivity (Wildman–Crippen MR) is 83.0 cm³/mol. The van der Waals surface area contributed by atoms with Crippen molar-refractivity contribution in [3.8, 4) is 0 Å². The van der Waals surface area contributed by atoms with E-state index in [0.29, 0.717) is 5.05 Å². The lowest BCUT2D eigenvalue weighted by Crippen LogP contribution is -2.24. The van der Waals surface area contributed by atoms with Crippen LogP contribution in [0.4, 0.5) is 5.69 Å². The quantitative estimate of drug-likeness (QED) is 0.860. The third-order valence-corrected chi connectivity index (χ3v) is 5.10. The molecule has 0 aromatic carbocycles. The molecule has 2 rings (SSSR count). The van der Waals surface area contributed by atoms with Gasteiger partial charge in [-0.05, 0) is 38.0 Å². The minimum atomic E-state index is 0.149. The molecule has 0 saturated heterocycles. The summed E-state index contributed by atoms with van der Waals surface area (Å²) in [6.07, 6.45) is 5.61. The van der Waals surface area contributed by atoms with Crippen LogP contribution in [0.3, 0.4) is 0 Å². The van der Waals surface area contributed by atoms with E-state index in [4.69, 9.17) is 17.0 Å². The average molecular weight is 297 g/mol. The van der Waals surface area contributed by atoms with Crippen LogP contribution in [-0.4, -0.2) is 18.1 Å². The maximum atomic E-state index is 12.2. The summed E-state index contributed by atoms with van der Waals surface area (Å²) in [6, 6.07) is 1.91. The lowest BCUT2D eigenvalue weighted by atomic mass is 9.88. The minimum Gasteiger partial charge on any atom is -0.486 e. The van der Waals surface area contributed by atoms with Crippen LogP contribution in [0.1, 0.15) is 41.9 Å². The SMILES string of the molecule is COC(=S)c1cc(NC(=O)C2CCCCC2)c(C)s1. The smallest absolute Gasteiger partial charge is 0.227 e. The number of hydrogen-bond acceptors (Lipinski definition) is 4. The molecule has 0 spiro atoms. The van der Waals surface area contributed by atoms with Crippen LogP contribution in [-0.2, 0) is 9.53 Å². The molecule has 0 aliphatic heterocycles. The number of rotatable bonds is 3. The number of hydrogen-bond donors (Lipinski definition) is 1. The van der Waals surface area contributed by atoms with Crippen molar-refractivity contribution < 1.29 is 9.53 Å². The van der Waals surface area contributed by atoms with E-state index in [1.54, 1.807) is 18.4 Å². The first kappa shape index (κ1) is 14.5. The van der Waals surface area contributed by atoms with Crippen LogP contribution in [0.15, 0.2) is 6.07 Å². The largest absolute Gasteiger partial charge is 0.486 e. The predicted octanol–water partition coefficient (Wildman–Crippen LogP) is 3.90. The molecule has 0 unspecified atom stereocenters. The van der Waals surface area contributed by atoms with E-state index >= 15 is 0 Å². The molecule has 0 bridgehead atoms. The Morgan fingerprint density at radius 3 is 2.74 bits per heavy atom. The van der Waals surface area contributed by atoms with Crippen molar-refractivity contribution in [1.29, 1.82) is 0 Å². The fourth-order valence-corrected chi connectivity index (χ4v) is 3.48. The van der Waals surface area contributed by atoms with E-state index in [2.05, 4.69) is 5.32 Å². The molecule has 1 N–H and O–H groups in total. The van der Waals surface area contributed by atoms with Gasteiger partial charge >= 0.3 is 0 Å². The summed E-state index contributed by atoms with van der Waals surface area (Å²) in [4.78, 5) is 14.2. The standard InChI is InChI=1S/C14H19NO2S2/c1-9-11(8-12(19-9)14(18)17-2)15-13(16)10-6-4-3-5-7-10/h8,10H,3-7H2,1-2H3,(H,15,16). The third-order valence-electron chi connectivity index (χ3n) is 3.54. The molecule has 5 heteroatoms. The Hall–Kier alpha value is -0.940. The Bertz CT molecular complexity index is 476. The Balaban J connectivity index is 2.04. The normalized spacial score (nSPS) is 16.1. The van der Waals surface area contributed by atoms with Crippen molar-refractivity contribution in [2.45, 2.75) is 39.0 Å². The van der Waals surface area contributed by atoms with E-state index < -0.39 is 0 Å². The van der Waals surface area contributed by atoms with E-state index in [1.807, 2.05) is 13.0 Å². The number of ether oxygens (including phenoxy) is 1. The summed E-state index contributed by atoms with van der Waals surface area (Å²) in [5, 5.41) is 3.51. The first-order valence-electron chi connectivity index (χ1n) is 6.61. The van der Waals surface area contributed by atoms with Crippen LogP contribution in [0.2, 0.25) is 0 Å². The minimum absolute atomic E-state index is 0.149. The van der Waals surface area contributed by atoms with Crippen LogP contribution in [0.25, 0.3) is 0 Å². The number of aryl methyl sites for hydroxylation is 1. The van der Waals surface area contributed by atoms with Gasteiger partial charge in [0.2, 0.25) is 11.0 Å². The molecule has 1 saturated carbocycles. The summed E-state index contributed by atoms with van der Waals surface area (Å²) in [5.74, 6) is 0.321. The number of carbonyl (C=O) groups is 1. The van der Waals surface area contributed by atoms with Crippen molar-refractivity contribution in [2.75, 3.05) is 12.4 Å². The van der Waals surface area contributed by atoms with Gasteiger partial charge in [0.25, 0.3) is 0 Å². The van der Waals surface area contributed by atoms with Gasteiger partial charge in [0.05, 0.1) is 17.7 Å². The second kappa shape index (κ2) is 6.48. The molecule has 3 nitrogen and oxygen atoms in total. The second-order valence-corrected chi connectivity index (χ2v) is 6.52. The molecule has 1 aromatic heterocycles. The van der Waals surface area contributed by atoms with E-state index in [0.717, 1.165) is 28.3 Å². The zero-order valence-corrected chi connectivity index (χ0v) is 13.0. The highest BCUT2D eigenvalue weighted by Gasteiger charge is 2.22. The molecule has 0 radical (unpaired) electrons. The van der Waals surface area contributed by atoms with Gasteiger partial charge in [-0.2, -0.15) is 0 Å². The molecule has 1 heterocycles. The fraction of sp³-hybridized carbons (Fsp3) is 0.571. The number of thiophene rings is 1. The van der Waals surface area contributed by atoms with Crippen molar-refractivity contribution >= 4 is 40.2 Å². The summed E-state index contributed by atoms with van der Waals surface area (Å²) in [7, 11) is 1.57. The van der Waals surface area contributed by atoms with Crippen LogP contribution >= 0.6 is 23.6 Å². The highest BCUT2D eigenvalue weighted by atomic mass is 32.1. The van der Waals surface area contributed by atoms with Crippen molar-refractivity contribution in [2.24, 2.45) is 5.92 Å². The van der Waals surface area contributed by atoms with Crippen molar-refractivity contribution in [3.05, 3.63) is 15.8 Å².